The first-order valence-corrected chi connectivity index (χ1v) is 4.52. The molecule has 1 N–H and O–H groups in total. The summed E-state index contributed by atoms with van der Waals surface area (Å²) in [4.78, 5) is 11.4. The summed E-state index contributed by atoms with van der Waals surface area (Å²) in [5.41, 5.74) is -0.837. The van der Waals surface area contributed by atoms with Gasteiger partial charge in [-0.15, -0.1) is 0 Å². The van der Waals surface area contributed by atoms with Crippen molar-refractivity contribution in [2.24, 2.45) is 0 Å². The van der Waals surface area contributed by atoms with E-state index in [2.05, 4.69) is 5.32 Å². The number of hydrogen-bond acceptors (Lipinski definition) is 2. The van der Waals surface area contributed by atoms with E-state index in [0.29, 0.717) is 5.75 Å². The third-order valence-electron chi connectivity index (χ3n) is 1.89. The molecule has 0 radical (unpaired) electrons. The zero-order valence-corrected chi connectivity index (χ0v) is 8.70. The normalized spacial score (nSPS) is 10.8. The van der Waals surface area contributed by atoms with Gasteiger partial charge in [-0.05, 0) is 26.0 Å². The molecule has 0 saturated carbocycles. The number of likely N-dealkylation sites (N-methyl/N-ethyl adjacent to an activating group) is 1. The fourth-order valence-electron chi connectivity index (χ4n) is 1.13. The van der Waals surface area contributed by atoms with Crippen LogP contribution in [0.15, 0.2) is 30.3 Å². The van der Waals surface area contributed by atoms with Crippen LogP contribution in [0.1, 0.15) is 13.8 Å². The standard InChI is InChI=1S/C11H15NO2/c1-11(2,10(13)12-3)14-9-7-5-4-6-8-9/h4-8H,1-3H3,(H,12,13). The summed E-state index contributed by atoms with van der Waals surface area (Å²) in [5, 5.41) is 2.56. The van der Waals surface area contributed by atoms with Gasteiger partial charge >= 0.3 is 0 Å². The van der Waals surface area contributed by atoms with Crippen LogP contribution in [0, 0.1) is 0 Å². The number of hydrogen-bond donors (Lipinski definition) is 1. The molecular weight excluding hydrogens is 178 g/mol. The van der Waals surface area contributed by atoms with E-state index in [9.17, 15) is 4.79 Å². The fourth-order valence-corrected chi connectivity index (χ4v) is 1.13. The number of carbonyl (C=O) groups excluding carboxylic acids is 1. The first kappa shape index (κ1) is 10.6. The van der Waals surface area contributed by atoms with Crippen molar-refractivity contribution in [2.45, 2.75) is 19.4 Å². The van der Waals surface area contributed by atoms with Crippen LogP contribution in [0.5, 0.6) is 5.75 Å². The topological polar surface area (TPSA) is 38.3 Å². The Morgan fingerprint density at radius 3 is 2.36 bits per heavy atom. The molecule has 76 valence electrons. The molecule has 1 aromatic rings. The Kier molecular flexibility index (Phi) is 3.12. The van der Waals surface area contributed by atoms with Gasteiger partial charge in [-0.25, -0.2) is 0 Å². The second-order valence-electron chi connectivity index (χ2n) is 3.50. The van der Waals surface area contributed by atoms with E-state index in [0.717, 1.165) is 0 Å². The second-order valence-corrected chi connectivity index (χ2v) is 3.50. The molecule has 0 aromatic heterocycles. The van der Waals surface area contributed by atoms with Crippen molar-refractivity contribution in [3.63, 3.8) is 0 Å². The summed E-state index contributed by atoms with van der Waals surface area (Å²) in [6.07, 6.45) is 0. The SMILES string of the molecule is CNC(=O)C(C)(C)Oc1ccccc1. The van der Waals surface area contributed by atoms with Crippen LogP contribution in [0.4, 0.5) is 0 Å². The van der Waals surface area contributed by atoms with Crippen LogP contribution in [-0.4, -0.2) is 18.6 Å². The summed E-state index contributed by atoms with van der Waals surface area (Å²) in [6.45, 7) is 3.47. The summed E-state index contributed by atoms with van der Waals surface area (Å²) in [7, 11) is 1.60. The Hall–Kier alpha value is -1.51. The van der Waals surface area contributed by atoms with Gasteiger partial charge in [0.05, 0.1) is 0 Å². The highest BCUT2D eigenvalue weighted by Crippen LogP contribution is 2.17. The maximum Gasteiger partial charge on any atom is 0.263 e. The summed E-state index contributed by atoms with van der Waals surface area (Å²) in [6, 6.07) is 9.29. The lowest BCUT2D eigenvalue weighted by Crippen LogP contribution is -2.45. The van der Waals surface area contributed by atoms with Crippen molar-refractivity contribution in [3.8, 4) is 5.75 Å². The highest BCUT2D eigenvalue weighted by molar-refractivity contribution is 5.84. The van der Waals surface area contributed by atoms with E-state index in [1.54, 1.807) is 20.9 Å². The van der Waals surface area contributed by atoms with Gasteiger partial charge in [0.1, 0.15) is 5.75 Å². The van der Waals surface area contributed by atoms with Crippen LogP contribution < -0.4 is 10.1 Å². The number of rotatable bonds is 3. The van der Waals surface area contributed by atoms with Crippen molar-refractivity contribution in [2.75, 3.05) is 7.05 Å². The molecule has 1 aromatic carbocycles. The molecule has 0 saturated heterocycles. The van der Waals surface area contributed by atoms with Crippen LogP contribution in [-0.2, 0) is 4.79 Å². The average molecular weight is 193 g/mol. The van der Waals surface area contributed by atoms with Gasteiger partial charge in [-0.1, -0.05) is 18.2 Å². The molecular formula is C11H15NO2. The Labute approximate surface area is 84.1 Å². The molecule has 0 atom stereocenters. The van der Waals surface area contributed by atoms with E-state index in [-0.39, 0.29) is 5.91 Å². The largest absolute Gasteiger partial charge is 0.478 e. The molecule has 0 heterocycles. The van der Waals surface area contributed by atoms with Gasteiger partial charge in [0, 0.05) is 7.05 Å². The van der Waals surface area contributed by atoms with E-state index < -0.39 is 5.60 Å². The van der Waals surface area contributed by atoms with Crippen molar-refractivity contribution >= 4 is 5.91 Å². The predicted molar refractivity (Wildman–Crippen MR) is 55.2 cm³/mol. The smallest absolute Gasteiger partial charge is 0.263 e. The van der Waals surface area contributed by atoms with Crippen LogP contribution in [0.25, 0.3) is 0 Å². The molecule has 0 aliphatic heterocycles. The first-order valence-electron chi connectivity index (χ1n) is 4.52. The van der Waals surface area contributed by atoms with Crippen molar-refractivity contribution in [1.29, 1.82) is 0 Å². The number of benzene rings is 1. The van der Waals surface area contributed by atoms with E-state index in [1.165, 1.54) is 0 Å². The Morgan fingerprint density at radius 2 is 1.86 bits per heavy atom. The summed E-state index contributed by atoms with van der Waals surface area (Å²) >= 11 is 0. The molecule has 0 aliphatic rings. The summed E-state index contributed by atoms with van der Waals surface area (Å²) in [5.74, 6) is 0.558. The minimum absolute atomic E-state index is 0.138. The number of carbonyl (C=O) groups is 1. The number of para-hydroxylation sites is 1. The number of ether oxygens (including phenoxy) is 1. The molecule has 0 fully saturated rings. The molecule has 0 unspecified atom stereocenters. The molecule has 14 heavy (non-hydrogen) atoms. The molecule has 0 aliphatic carbocycles. The molecule has 1 amide bonds. The van der Waals surface area contributed by atoms with Gasteiger partial charge < -0.3 is 10.1 Å². The van der Waals surface area contributed by atoms with Crippen molar-refractivity contribution in [1.82, 2.24) is 5.32 Å². The minimum atomic E-state index is -0.837. The summed E-state index contributed by atoms with van der Waals surface area (Å²) < 4.78 is 5.54. The lowest BCUT2D eigenvalue weighted by atomic mass is 10.1. The monoisotopic (exact) mass is 193 g/mol. The quantitative estimate of drug-likeness (QED) is 0.791. The zero-order chi connectivity index (χ0) is 10.6. The highest BCUT2D eigenvalue weighted by atomic mass is 16.5. The molecule has 0 spiro atoms. The van der Waals surface area contributed by atoms with E-state index >= 15 is 0 Å². The van der Waals surface area contributed by atoms with Crippen LogP contribution in [0.3, 0.4) is 0 Å². The minimum Gasteiger partial charge on any atom is -0.478 e. The Bertz CT molecular complexity index is 306. The van der Waals surface area contributed by atoms with E-state index in [4.69, 9.17) is 4.74 Å². The molecule has 1 rings (SSSR count). The van der Waals surface area contributed by atoms with Gasteiger partial charge in [0.25, 0.3) is 5.91 Å². The Morgan fingerprint density at radius 1 is 1.29 bits per heavy atom. The van der Waals surface area contributed by atoms with Gasteiger partial charge in [-0.2, -0.15) is 0 Å². The van der Waals surface area contributed by atoms with Gasteiger partial charge in [0.2, 0.25) is 0 Å². The molecule has 0 bridgehead atoms. The van der Waals surface area contributed by atoms with E-state index in [1.807, 2.05) is 30.3 Å². The van der Waals surface area contributed by atoms with Crippen LogP contribution in [0.2, 0.25) is 0 Å². The number of nitrogens with one attached hydrogen (secondary N) is 1. The van der Waals surface area contributed by atoms with Crippen molar-refractivity contribution in [3.05, 3.63) is 30.3 Å². The van der Waals surface area contributed by atoms with Crippen LogP contribution >= 0.6 is 0 Å². The highest BCUT2D eigenvalue weighted by Gasteiger charge is 2.28. The lowest BCUT2D eigenvalue weighted by Gasteiger charge is -2.24. The fraction of sp³-hybridized carbons (Fsp3) is 0.364. The van der Waals surface area contributed by atoms with Gasteiger partial charge in [-0.3, -0.25) is 4.79 Å². The first-order chi connectivity index (χ1) is 6.56. The third-order valence-corrected chi connectivity index (χ3v) is 1.89. The van der Waals surface area contributed by atoms with Crippen molar-refractivity contribution < 1.29 is 9.53 Å². The second kappa shape index (κ2) is 4.13. The third kappa shape index (κ3) is 2.49. The van der Waals surface area contributed by atoms with Gasteiger partial charge in [0.15, 0.2) is 5.60 Å². The Balaban J connectivity index is 2.73. The predicted octanol–water partition coefficient (Wildman–Crippen LogP) is 1.59. The number of amides is 1. The maximum atomic E-state index is 11.4. The zero-order valence-electron chi connectivity index (χ0n) is 8.70. The maximum absolute atomic E-state index is 11.4. The molecule has 3 heteroatoms. The lowest BCUT2D eigenvalue weighted by molar-refractivity contribution is -0.133. The average Bonchev–Trinajstić information content (AvgIpc) is 2.17. The molecule has 3 nitrogen and oxygen atoms in total.